The predicted octanol–water partition coefficient (Wildman–Crippen LogP) is 3.55. The monoisotopic (exact) mass is 466 g/mol. The summed E-state index contributed by atoms with van der Waals surface area (Å²) in [5.41, 5.74) is 2.22. The number of aromatic nitrogens is 1. The zero-order chi connectivity index (χ0) is 23.2. The number of anilines is 1. The number of thiophene rings is 1. The van der Waals surface area contributed by atoms with Crippen LogP contribution in [0.2, 0.25) is 0 Å². The molecule has 0 spiro atoms. The average Bonchev–Trinajstić information content (AvgIpc) is 3.15. The molecule has 9 heteroatoms. The van der Waals surface area contributed by atoms with E-state index < -0.39 is 6.09 Å². The van der Waals surface area contributed by atoms with Gasteiger partial charge in [-0.1, -0.05) is 6.07 Å². The zero-order valence-electron chi connectivity index (χ0n) is 18.1. The Kier molecular flexibility index (Phi) is 7.37. The number of hydrogen-bond acceptors (Lipinski definition) is 7. The number of amides is 2. The molecule has 172 valence electrons. The Bertz CT molecular complexity index is 1070. The molecule has 0 aliphatic heterocycles. The Morgan fingerprint density at radius 1 is 1.27 bits per heavy atom. The quantitative estimate of drug-likeness (QED) is 0.579. The van der Waals surface area contributed by atoms with Crippen molar-refractivity contribution in [2.45, 2.75) is 63.2 Å². The van der Waals surface area contributed by atoms with E-state index in [0.717, 1.165) is 28.8 Å². The largest absolute Gasteiger partial charge is 0.446 e. The molecule has 0 saturated heterocycles. The van der Waals surface area contributed by atoms with Gasteiger partial charge < -0.3 is 20.5 Å². The highest BCUT2D eigenvalue weighted by molar-refractivity contribution is 7.16. The summed E-state index contributed by atoms with van der Waals surface area (Å²) in [4.78, 5) is 29.7. The molecular formula is C24H26N4O4S. The molecule has 0 bridgehead atoms. The predicted molar refractivity (Wildman–Crippen MR) is 125 cm³/mol. The van der Waals surface area contributed by atoms with E-state index in [1.807, 2.05) is 6.07 Å². The van der Waals surface area contributed by atoms with Gasteiger partial charge >= 0.3 is 6.09 Å². The molecule has 1 fully saturated rings. The Morgan fingerprint density at radius 2 is 2.09 bits per heavy atom. The Balaban J connectivity index is 1.35. The lowest BCUT2D eigenvalue weighted by molar-refractivity contribution is -0.111. The van der Waals surface area contributed by atoms with Crippen molar-refractivity contribution in [3.05, 3.63) is 52.2 Å². The van der Waals surface area contributed by atoms with Crippen LogP contribution in [0.4, 0.5) is 9.80 Å². The van der Waals surface area contributed by atoms with E-state index in [0.29, 0.717) is 42.7 Å². The maximum atomic E-state index is 12.4. The number of rotatable bonds is 5. The molecule has 2 aromatic rings. The van der Waals surface area contributed by atoms with Crippen LogP contribution >= 0.6 is 11.3 Å². The minimum Gasteiger partial charge on any atom is -0.446 e. The molecule has 3 N–H and O–H groups in total. The van der Waals surface area contributed by atoms with Gasteiger partial charge in [-0.15, -0.1) is 11.3 Å². The molecule has 8 nitrogen and oxygen atoms in total. The molecule has 2 aliphatic carbocycles. The van der Waals surface area contributed by atoms with E-state index in [1.54, 1.807) is 24.5 Å². The lowest BCUT2D eigenvalue weighted by Crippen LogP contribution is -2.41. The van der Waals surface area contributed by atoms with Crippen molar-refractivity contribution in [2.75, 3.05) is 5.32 Å². The number of aliphatic hydroxyl groups is 1. The lowest BCUT2D eigenvalue weighted by atomic mass is 9.93. The third-order valence-corrected chi connectivity index (χ3v) is 7.14. The summed E-state index contributed by atoms with van der Waals surface area (Å²) in [7, 11) is 0. The van der Waals surface area contributed by atoms with Gasteiger partial charge in [0.1, 0.15) is 17.2 Å². The van der Waals surface area contributed by atoms with Crippen LogP contribution in [0.1, 0.15) is 53.7 Å². The lowest BCUT2D eigenvalue weighted by Gasteiger charge is -2.28. The highest BCUT2D eigenvalue weighted by atomic mass is 32.1. The number of nitriles is 1. The molecule has 1 atom stereocenters. The summed E-state index contributed by atoms with van der Waals surface area (Å²) in [6.07, 6.45) is 10.1. The van der Waals surface area contributed by atoms with Gasteiger partial charge in [-0.05, 0) is 61.8 Å². The number of carbonyl (C=O) groups is 2. The normalized spacial score (nSPS) is 22.2. The molecule has 2 amide bonds. The molecular weight excluding hydrogens is 440 g/mol. The summed E-state index contributed by atoms with van der Waals surface area (Å²) in [5, 5.41) is 25.5. The third kappa shape index (κ3) is 5.97. The summed E-state index contributed by atoms with van der Waals surface area (Å²) < 4.78 is 5.64. The molecule has 0 radical (unpaired) electrons. The van der Waals surface area contributed by atoms with E-state index >= 15 is 0 Å². The van der Waals surface area contributed by atoms with E-state index in [2.05, 4.69) is 21.7 Å². The molecule has 2 aromatic heterocycles. The number of fused-ring (bicyclic) bond motifs is 1. The molecule has 1 unspecified atom stereocenters. The van der Waals surface area contributed by atoms with Gasteiger partial charge in [0.15, 0.2) is 0 Å². The van der Waals surface area contributed by atoms with Gasteiger partial charge in [0.05, 0.1) is 11.7 Å². The summed E-state index contributed by atoms with van der Waals surface area (Å²) in [6.45, 7) is 0. The number of carbonyl (C=O) groups excluding carboxylic acids is 2. The number of nitrogens with zero attached hydrogens (tertiary/aromatic N) is 2. The maximum Gasteiger partial charge on any atom is 0.407 e. The first-order valence-corrected chi connectivity index (χ1v) is 11.9. The fraction of sp³-hybridized carbons (Fsp3) is 0.417. The number of nitrogens with one attached hydrogen (secondary N) is 2. The van der Waals surface area contributed by atoms with Crippen LogP contribution in [0, 0.1) is 11.3 Å². The van der Waals surface area contributed by atoms with E-state index in [9.17, 15) is 20.0 Å². The third-order valence-electron chi connectivity index (χ3n) is 5.97. The van der Waals surface area contributed by atoms with Crippen molar-refractivity contribution in [3.63, 3.8) is 0 Å². The van der Waals surface area contributed by atoms with Gasteiger partial charge in [0, 0.05) is 35.8 Å². The van der Waals surface area contributed by atoms with Gasteiger partial charge in [-0.25, -0.2) is 4.79 Å². The molecule has 2 heterocycles. The number of pyridine rings is 1. The molecule has 4 rings (SSSR count). The first-order valence-electron chi connectivity index (χ1n) is 11.1. The number of ether oxygens (including phenoxy) is 1. The molecule has 2 aliphatic rings. The second-order valence-corrected chi connectivity index (χ2v) is 9.45. The average molecular weight is 467 g/mol. The van der Waals surface area contributed by atoms with Gasteiger partial charge in [-0.2, -0.15) is 5.26 Å². The summed E-state index contributed by atoms with van der Waals surface area (Å²) in [6, 6.07) is 5.88. The first-order chi connectivity index (χ1) is 16.0. The Morgan fingerprint density at radius 3 is 2.82 bits per heavy atom. The number of aliphatic hydroxyl groups excluding tert-OH is 1. The van der Waals surface area contributed by atoms with Crippen molar-refractivity contribution in [2.24, 2.45) is 0 Å². The molecule has 33 heavy (non-hydrogen) atoms. The fourth-order valence-electron chi connectivity index (χ4n) is 4.23. The fourth-order valence-corrected chi connectivity index (χ4v) is 5.50. The van der Waals surface area contributed by atoms with Crippen LogP contribution in [-0.2, 0) is 22.4 Å². The van der Waals surface area contributed by atoms with Crippen molar-refractivity contribution in [3.8, 4) is 6.07 Å². The van der Waals surface area contributed by atoms with E-state index in [-0.39, 0.29) is 24.2 Å². The second-order valence-electron chi connectivity index (χ2n) is 8.35. The van der Waals surface area contributed by atoms with Gasteiger partial charge in [-0.3, -0.25) is 9.78 Å². The van der Waals surface area contributed by atoms with Crippen molar-refractivity contribution < 1.29 is 19.4 Å². The zero-order valence-corrected chi connectivity index (χ0v) is 18.9. The van der Waals surface area contributed by atoms with Crippen LogP contribution < -0.4 is 10.6 Å². The number of hydrogen-bond donors (Lipinski definition) is 3. The standard InChI is InChI=1S/C24H26N4O4S/c25-13-20-19-9-8-18(32-24(31)27-16-4-6-17(29)7-5-16)12-21(19)33-23(20)28-22(30)10-3-15-2-1-11-26-14-15/h1-3,10-11,14,16-18,29H,4-9,12H2,(H,27,31)(H,28,30)/b10-3+/t16-,17-,18?. The second kappa shape index (κ2) is 10.6. The molecule has 1 saturated carbocycles. The highest BCUT2D eigenvalue weighted by Crippen LogP contribution is 2.38. The topological polar surface area (TPSA) is 124 Å². The van der Waals surface area contributed by atoms with Crippen LogP contribution in [0.3, 0.4) is 0 Å². The van der Waals surface area contributed by atoms with Crippen molar-refractivity contribution in [1.29, 1.82) is 5.26 Å². The smallest absolute Gasteiger partial charge is 0.407 e. The van der Waals surface area contributed by atoms with Crippen LogP contribution in [0.5, 0.6) is 0 Å². The minimum absolute atomic E-state index is 0.0357. The highest BCUT2D eigenvalue weighted by Gasteiger charge is 2.29. The molecule has 0 aromatic carbocycles. The Hall–Kier alpha value is -3.22. The van der Waals surface area contributed by atoms with Gasteiger partial charge in [0.2, 0.25) is 5.91 Å². The van der Waals surface area contributed by atoms with Gasteiger partial charge in [0.25, 0.3) is 0 Å². The van der Waals surface area contributed by atoms with E-state index in [1.165, 1.54) is 17.4 Å². The van der Waals surface area contributed by atoms with Crippen molar-refractivity contribution in [1.82, 2.24) is 10.3 Å². The number of alkyl carbamates (subject to hydrolysis) is 1. The van der Waals surface area contributed by atoms with Crippen LogP contribution in [-0.4, -0.2) is 40.3 Å². The first kappa shape index (κ1) is 23.0. The van der Waals surface area contributed by atoms with Crippen LogP contribution in [0.15, 0.2) is 30.6 Å². The minimum atomic E-state index is -0.434. The van der Waals surface area contributed by atoms with Crippen LogP contribution in [0.25, 0.3) is 6.08 Å². The SMILES string of the molecule is N#Cc1c(NC(=O)/C=C/c2cccnc2)sc2c1CCC(OC(=O)N[C@H]1CC[C@H](O)CC1)C2. The van der Waals surface area contributed by atoms with E-state index in [4.69, 9.17) is 4.74 Å². The summed E-state index contributed by atoms with van der Waals surface area (Å²) >= 11 is 1.36. The summed E-state index contributed by atoms with van der Waals surface area (Å²) in [5.74, 6) is -0.321. The van der Waals surface area contributed by atoms with Crippen molar-refractivity contribution >= 4 is 34.4 Å². The maximum absolute atomic E-state index is 12.4. The Labute approximate surface area is 196 Å².